The summed E-state index contributed by atoms with van der Waals surface area (Å²) in [6.07, 6.45) is 0. The molecule has 0 bridgehead atoms. The third-order valence-electron chi connectivity index (χ3n) is 2.50. The quantitative estimate of drug-likeness (QED) is 0.451. The summed E-state index contributed by atoms with van der Waals surface area (Å²) in [4.78, 5) is -0.925. The van der Waals surface area contributed by atoms with Crippen LogP contribution in [-0.2, 0) is 0 Å². The van der Waals surface area contributed by atoms with E-state index in [1.54, 1.807) is 30.3 Å². The number of hydrogen-bond donors (Lipinski definition) is 0. The second kappa shape index (κ2) is 6.45. The molecule has 0 fully saturated rings. The maximum atomic E-state index is 12.6. The van der Waals surface area contributed by atoms with E-state index in [1.165, 1.54) is 6.07 Å². The minimum absolute atomic E-state index is 0.430. The van der Waals surface area contributed by atoms with Gasteiger partial charge >= 0.3 is 11.0 Å². The van der Waals surface area contributed by atoms with Crippen molar-refractivity contribution < 1.29 is 26.3 Å². The molecule has 0 aromatic heterocycles. The molecule has 0 aliphatic carbocycles. The van der Waals surface area contributed by atoms with Crippen LogP contribution in [0.15, 0.2) is 58.3 Å². The van der Waals surface area contributed by atoms with Crippen LogP contribution in [0.1, 0.15) is 0 Å². The molecule has 118 valence electrons. The Balaban J connectivity index is 2.43. The number of halogens is 6. The third kappa shape index (κ3) is 5.17. The topological polar surface area (TPSA) is 0 Å². The van der Waals surface area contributed by atoms with E-state index in [-0.39, 0.29) is 0 Å². The molecule has 0 unspecified atom stereocenters. The van der Waals surface area contributed by atoms with Crippen molar-refractivity contribution in [2.24, 2.45) is 0 Å². The molecule has 0 nitrogen and oxygen atoms in total. The highest BCUT2D eigenvalue weighted by atomic mass is 32.2. The zero-order chi connectivity index (χ0) is 16.4. The summed E-state index contributed by atoms with van der Waals surface area (Å²) in [6.45, 7) is 0. The molecule has 0 radical (unpaired) electrons. The molecule has 0 saturated heterocycles. The Morgan fingerprint density at radius 2 is 1.14 bits per heavy atom. The van der Waals surface area contributed by atoms with E-state index in [0.29, 0.717) is 11.1 Å². The lowest BCUT2D eigenvalue weighted by Crippen LogP contribution is -2.03. The minimum atomic E-state index is -4.66. The highest BCUT2D eigenvalue weighted by molar-refractivity contribution is 8.03. The highest BCUT2D eigenvalue weighted by Gasteiger charge is 2.35. The lowest BCUT2D eigenvalue weighted by Gasteiger charge is -2.14. The first-order valence-electron chi connectivity index (χ1n) is 5.85. The Morgan fingerprint density at radius 1 is 0.591 bits per heavy atom. The number of thioether (sulfide) groups is 2. The summed E-state index contributed by atoms with van der Waals surface area (Å²) in [6, 6.07) is 12.1. The first-order chi connectivity index (χ1) is 10.1. The predicted octanol–water partition coefficient (Wildman–Crippen LogP) is 6.58. The van der Waals surface area contributed by atoms with Crippen LogP contribution in [-0.4, -0.2) is 11.0 Å². The van der Waals surface area contributed by atoms with Gasteiger partial charge in [-0.25, -0.2) is 0 Å². The van der Waals surface area contributed by atoms with Crippen molar-refractivity contribution in [3.8, 4) is 11.1 Å². The molecule has 0 saturated carbocycles. The zero-order valence-electron chi connectivity index (χ0n) is 10.7. The fourth-order valence-electron chi connectivity index (χ4n) is 1.73. The van der Waals surface area contributed by atoms with Crippen molar-refractivity contribution in [3.05, 3.63) is 48.5 Å². The van der Waals surface area contributed by atoms with Crippen LogP contribution in [0, 0.1) is 0 Å². The summed E-state index contributed by atoms with van der Waals surface area (Å²) in [7, 11) is 0. The SMILES string of the molecule is FC(F)(F)Sc1ccc(-c2ccccc2)cc1SC(F)(F)F. The summed E-state index contributed by atoms with van der Waals surface area (Å²) in [5.41, 5.74) is -8.24. The van der Waals surface area contributed by atoms with Gasteiger partial charge < -0.3 is 0 Å². The normalized spacial score (nSPS) is 12.5. The number of rotatable bonds is 3. The Bertz CT molecular complexity index is 634. The first-order valence-corrected chi connectivity index (χ1v) is 7.48. The monoisotopic (exact) mass is 354 g/mol. The maximum absolute atomic E-state index is 12.6. The molecule has 2 aromatic carbocycles. The van der Waals surface area contributed by atoms with Gasteiger partial charge in [-0.1, -0.05) is 36.4 Å². The predicted molar refractivity (Wildman–Crippen MR) is 75.7 cm³/mol. The van der Waals surface area contributed by atoms with Crippen molar-refractivity contribution in [2.45, 2.75) is 20.8 Å². The van der Waals surface area contributed by atoms with Crippen LogP contribution in [0.3, 0.4) is 0 Å². The summed E-state index contributed by atoms with van der Waals surface area (Å²) < 4.78 is 75.0. The molecular formula is C14H8F6S2. The van der Waals surface area contributed by atoms with E-state index < -0.39 is 44.3 Å². The van der Waals surface area contributed by atoms with Crippen LogP contribution in [0.2, 0.25) is 0 Å². The van der Waals surface area contributed by atoms with Gasteiger partial charge in [-0.2, -0.15) is 26.3 Å². The lowest BCUT2D eigenvalue weighted by molar-refractivity contribution is -0.0346. The second-order valence-corrected chi connectivity index (χ2v) is 6.34. The van der Waals surface area contributed by atoms with E-state index in [4.69, 9.17) is 0 Å². The molecular weight excluding hydrogens is 346 g/mol. The molecule has 0 aliphatic heterocycles. The number of hydrogen-bond acceptors (Lipinski definition) is 2. The van der Waals surface area contributed by atoms with Crippen LogP contribution in [0.4, 0.5) is 26.3 Å². The van der Waals surface area contributed by atoms with Gasteiger partial charge in [-0.05, 0) is 46.8 Å². The van der Waals surface area contributed by atoms with Crippen molar-refractivity contribution in [2.75, 3.05) is 0 Å². The second-order valence-electron chi connectivity index (χ2n) is 4.12. The van der Waals surface area contributed by atoms with Crippen LogP contribution >= 0.6 is 23.5 Å². The minimum Gasteiger partial charge on any atom is -0.160 e. The van der Waals surface area contributed by atoms with Gasteiger partial charge in [0.15, 0.2) is 0 Å². The van der Waals surface area contributed by atoms with Crippen molar-refractivity contribution >= 4 is 23.5 Å². The van der Waals surface area contributed by atoms with E-state index in [2.05, 4.69) is 0 Å². The highest BCUT2D eigenvalue weighted by Crippen LogP contribution is 2.47. The standard InChI is InChI=1S/C14H8F6S2/c15-13(16,17)21-11-7-6-10(9-4-2-1-3-5-9)8-12(11)22-14(18,19)20/h1-8H. The molecule has 0 spiro atoms. The average molecular weight is 354 g/mol. The van der Waals surface area contributed by atoms with Crippen molar-refractivity contribution in [1.29, 1.82) is 0 Å². The number of alkyl halides is 6. The largest absolute Gasteiger partial charge is 0.446 e. The molecule has 2 rings (SSSR count). The zero-order valence-corrected chi connectivity index (χ0v) is 12.3. The van der Waals surface area contributed by atoms with Gasteiger partial charge in [-0.3, -0.25) is 0 Å². The Labute approximate surface area is 130 Å². The summed E-state index contributed by atoms with van der Waals surface area (Å²) in [5, 5.41) is 0. The van der Waals surface area contributed by atoms with Gasteiger partial charge in [0.25, 0.3) is 0 Å². The Kier molecular flexibility index (Phi) is 5.01. The number of benzene rings is 2. The molecule has 22 heavy (non-hydrogen) atoms. The van der Waals surface area contributed by atoms with Crippen molar-refractivity contribution in [3.63, 3.8) is 0 Å². The van der Waals surface area contributed by atoms with Gasteiger partial charge in [0, 0.05) is 9.79 Å². The van der Waals surface area contributed by atoms with E-state index in [0.717, 1.165) is 12.1 Å². The van der Waals surface area contributed by atoms with Crippen molar-refractivity contribution in [1.82, 2.24) is 0 Å². The molecule has 0 atom stereocenters. The average Bonchev–Trinajstić information content (AvgIpc) is 2.38. The fraction of sp³-hybridized carbons (Fsp3) is 0.143. The van der Waals surface area contributed by atoms with E-state index >= 15 is 0 Å². The summed E-state index contributed by atoms with van der Waals surface area (Å²) >= 11 is -1.09. The van der Waals surface area contributed by atoms with E-state index in [1.807, 2.05) is 0 Å². The van der Waals surface area contributed by atoms with Gasteiger partial charge in [0.1, 0.15) is 0 Å². The smallest absolute Gasteiger partial charge is 0.160 e. The molecule has 0 N–H and O–H groups in total. The molecule has 0 heterocycles. The first kappa shape index (κ1) is 17.1. The van der Waals surface area contributed by atoms with Gasteiger partial charge in [0.2, 0.25) is 0 Å². The van der Waals surface area contributed by atoms with Crippen LogP contribution in [0.5, 0.6) is 0 Å². The molecule has 2 aromatic rings. The molecule has 8 heteroatoms. The van der Waals surface area contributed by atoms with Crippen LogP contribution in [0.25, 0.3) is 11.1 Å². The lowest BCUT2D eigenvalue weighted by atomic mass is 10.1. The van der Waals surface area contributed by atoms with Gasteiger partial charge in [-0.15, -0.1) is 0 Å². The third-order valence-corrected chi connectivity index (χ3v) is 4.23. The molecule has 0 amide bonds. The summed E-state index contributed by atoms with van der Waals surface area (Å²) in [5.74, 6) is 0. The maximum Gasteiger partial charge on any atom is 0.446 e. The molecule has 0 aliphatic rings. The van der Waals surface area contributed by atoms with Crippen LogP contribution < -0.4 is 0 Å². The van der Waals surface area contributed by atoms with E-state index in [9.17, 15) is 26.3 Å². The van der Waals surface area contributed by atoms with Gasteiger partial charge in [0.05, 0.1) is 0 Å². The fourth-order valence-corrected chi connectivity index (χ4v) is 3.13. The Hall–Kier alpha value is -1.28. The Morgan fingerprint density at radius 3 is 1.68 bits per heavy atom.